The van der Waals surface area contributed by atoms with E-state index in [1.807, 2.05) is 0 Å². The van der Waals surface area contributed by atoms with Crippen LogP contribution in [0.3, 0.4) is 0 Å². The van der Waals surface area contributed by atoms with Gasteiger partial charge in [0.25, 0.3) is 5.91 Å². The fraction of sp³-hybridized carbons (Fsp3) is 0.476. The topological polar surface area (TPSA) is 103 Å². The van der Waals surface area contributed by atoms with Crippen LogP contribution in [-0.2, 0) is 19.4 Å². The van der Waals surface area contributed by atoms with Crippen molar-refractivity contribution in [3.63, 3.8) is 0 Å². The van der Waals surface area contributed by atoms with Crippen molar-refractivity contribution in [2.24, 2.45) is 5.92 Å². The monoisotopic (exact) mass is 512 g/mol. The maximum Gasteiger partial charge on any atom is 0.251 e. The van der Waals surface area contributed by atoms with Gasteiger partial charge in [-0.3, -0.25) is 9.48 Å². The number of ether oxygens (including phenoxy) is 1. The van der Waals surface area contributed by atoms with Crippen molar-refractivity contribution in [2.75, 3.05) is 18.5 Å². The normalized spacial score (nSPS) is 18.5. The van der Waals surface area contributed by atoms with Crippen molar-refractivity contribution in [3.8, 4) is 0 Å². The molecule has 5 rings (SSSR count). The fourth-order valence-electron chi connectivity index (χ4n) is 4.24. The minimum absolute atomic E-state index is 0.144. The number of fused-ring (bicyclic) bond motifs is 1. The largest absolute Gasteiger partial charge is 0.381 e. The van der Waals surface area contributed by atoms with E-state index < -0.39 is 32.2 Å². The summed E-state index contributed by atoms with van der Waals surface area (Å²) in [5.74, 6) is -0.178. The molecule has 0 spiro atoms. The molecule has 176 valence electrons. The van der Waals surface area contributed by atoms with Crippen LogP contribution in [-0.4, -0.2) is 47.6 Å². The second kappa shape index (κ2) is 8.94. The number of anilines is 1. The minimum atomic E-state index is -3.53. The minimum Gasteiger partial charge on any atom is -0.381 e. The number of hydrogen-bond donors (Lipinski definition) is 1. The SMILES string of the molecule is O=C(Nc1ncc(F)s1)[C@H](CC1CCOCC1)n1ncc2c(S(=O)(=O)C3CC3)cc(Cl)cc21. The van der Waals surface area contributed by atoms with E-state index in [4.69, 9.17) is 16.3 Å². The predicted octanol–water partition coefficient (Wildman–Crippen LogP) is 4.22. The van der Waals surface area contributed by atoms with Gasteiger partial charge in [0, 0.05) is 23.6 Å². The standard InChI is InChI=1S/C21H22ClFN4O4S2/c22-13-8-16-15(18(9-13)33(29,30)14-1-2-14)10-25-27(16)17(7-12-3-5-31-6-4-12)20(28)26-21-24-11-19(23)32-21/h8-12,14,17H,1-7H2,(H,24,26,28)/t17-/m0/s1. The lowest BCUT2D eigenvalue weighted by Gasteiger charge is -2.26. The molecule has 3 aromatic rings. The maximum atomic E-state index is 13.4. The van der Waals surface area contributed by atoms with Crippen molar-refractivity contribution < 1.29 is 22.3 Å². The third-order valence-corrected chi connectivity index (χ3v) is 9.34. The van der Waals surface area contributed by atoms with Gasteiger partial charge in [-0.05, 0) is 50.2 Å². The average Bonchev–Trinajstić information content (AvgIpc) is 3.47. The number of halogens is 2. The van der Waals surface area contributed by atoms with Gasteiger partial charge in [-0.25, -0.2) is 13.4 Å². The average molecular weight is 513 g/mol. The lowest BCUT2D eigenvalue weighted by atomic mass is 9.92. The van der Waals surface area contributed by atoms with Crippen molar-refractivity contribution in [2.45, 2.75) is 48.3 Å². The van der Waals surface area contributed by atoms with E-state index in [1.165, 1.54) is 16.9 Å². The van der Waals surface area contributed by atoms with Gasteiger partial charge in [-0.1, -0.05) is 22.9 Å². The summed E-state index contributed by atoms with van der Waals surface area (Å²) < 4.78 is 46.4. The molecule has 0 unspecified atom stereocenters. The molecule has 1 N–H and O–H groups in total. The van der Waals surface area contributed by atoms with Crippen LogP contribution in [0.1, 0.15) is 38.1 Å². The van der Waals surface area contributed by atoms with Crippen molar-refractivity contribution >= 4 is 54.7 Å². The summed E-state index contributed by atoms with van der Waals surface area (Å²) in [6, 6.07) is 2.32. The number of carbonyl (C=O) groups excluding carboxylic acids is 1. The molecule has 1 aliphatic heterocycles. The van der Waals surface area contributed by atoms with Crippen LogP contribution in [0.2, 0.25) is 5.02 Å². The maximum absolute atomic E-state index is 13.4. The van der Waals surface area contributed by atoms with Crippen LogP contribution in [0, 0.1) is 11.0 Å². The van der Waals surface area contributed by atoms with Crippen molar-refractivity contribution in [1.29, 1.82) is 0 Å². The number of thiazole rings is 1. The highest BCUT2D eigenvalue weighted by Gasteiger charge is 2.39. The Kier molecular flexibility index (Phi) is 6.15. The number of aromatic nitrogens is 3. The summed E-state index contributed by atoms with van der Waals surface area (Å²) in [6.45, 7) is 1.23. The zero-order valence-corrected chi connectivity index (χ0v) is 19.9. The summed E-state index contributed by atoms with van der Waals surface area (Å²) in [7, 11) is -3.53. The third-order valence-electron chi connectivity index (χ3n) is 6.12. The number of amides is 1. The molecule has 2 aromatic heterocycles. The van der Waals surface area contributed by atoms with Crippen LogP contribution in [0.5, 0.6) is 0 Å². The number of sulfone groups is 1. The molecule has 1 amide bonds. The van der Waals surface area contributed by atoms with E-state index in [0.29, 0.717) is 43.4 Å². The van der Waals surface area contributed by atoms with Gasteiger partial charge in [0.05, 0.1) is 28.1 Å². The van der Waals surface area contributed by atoms with E-state index in [-0.39, 0.29) is 21.0 Å². The van der Waals surface area contributed by atoms with Crippen LogP contribution in [0.4, 0.5) is 9.52 Å². The zero-order valence-electron chi connectivity index (χ0n) is 17.5. The van der Waals surface area contributed by atoms with Gasteiger partial charge >= 0.3 is 0 Å². The number of carbonyl (C=O) groups is 1. The first-order valence-corrected chi connectivity index (χ1v) is 13.5. The highest BCUT2D eigenvalue weighted by atomic mass is 35.5. The summed E-state index contributed by atoms with van der Waals surface area (Å²) in [5, 5.41) is 7.07. The molecule has 0 radical (unpaired) electrons. The molecule has 8 nitrogen and oxygen atoms in total. The van der Waals surface area contributed by atoms with E-state index in [1.54, 1.807) is 6.07 Å². The van der Waals surface area contributed by atoms with Gasteiger partial charge in [0.15, 0.2) is 20.1 Å². The highest BCUT2D eigenvalue weighted by Crippen LogP contribution is 2.39. The summed E-state index contributed by atoms with van der Waals surface area (Å²) >= 11 is 7.06. The molecular weight excluding hydrogens is 491 g/mol. The van der Waals surface area contributed by atoms with Crippen LogP contribution in [0.15, 0.2) is 29.4 Å². The summed E-state index contributed by atoms with van der Waals surface area (Å²) in [5.41, 5.74) is 0.472. The lowest BCUT2D eigenvalue weighted by molar-refractivity contribution is -0.120. The third kappa shape index (κ3) is 4.64. The molecule has 1 atom stereocenters. The van der Waals surface area contributed by atoms with E-state index in [0.717, 1.165) is 30.4 Å². The Bertz CT molecular complexity index is 1300. The molecule has 1 aliphatic carbocycles. The van der Waals surface area contributed by atoms with Crippen molar-refractivity contribution in [3.05, 3.63) is 34.7 Å². The van der Waals surface area contributed by atoms with Gasteiger partial charge in [-0.15, -0.1) is 0 Å². The smallest absolute Gasteiger partial charge is 0.251 e. The van der Waals surface area contributed by atoms with Crippen LogP contribution < -0.4 is 5.32 Å². The second-order valence-electron chi connectivity index (χ2n) is 8.44. The van der Waals surface area contributed by atoms with E-state index in [2.05, 4.69) is 15.4 Å². The molecule has 1 aromatic carbocycles. The number of nitrogens with zero attached hydrogens (tertiary/aromatic N) is 3. The molecule has 2 fully saturated rings. The molecule has 12 heteroatoms. The van der Waals surface area contributed by atoms with Crippen LogP contribution >= 0.6 is 22.9 Å². The Morgan fingerprint density at radius 3 is 2.70 bits per heavy atom. The number of benzene rings is 1. The highest BCUT2D eigenvalue weighted by molar-refractivity contribution is 7.92. The molecule has 0 bridgehead atoms. The molecule has 3 heterocycles. The number of hydrogen-bond acceptors (Lipinski definition) is 7. The lowest BCUT2D eigenvalue weighted by Crippen LogP contribution is -2.30. The quantitative estimate of drug-likeness (QED) is 0.508. The molecule has 1 saturated carbocycles. The predicted molar refractivity (Wildman–Crippen MR) is 123 cm³/mol. The van der Waals surface area contributed by atoms with Gasteiger partial charge in [0.1, 0.15) is 6.04 Å². The van der Waals surface area contributed by atoms with E-state index >= 15 is 0 Å². The van der Waals surface area contributed by atoms with E-state index in [9.17, 15) is 17.6 Å². The summed E-state index contributed by atoms with van der Waals surface area (Å²) in [4.78, 5) is 17.3. The molecule has 2 aliphatic rings. The Labute approximate surface area is 199 Å². The zero-order chi connectivity index (χ0) is 23.2. The van der Waals surface area contributed by atoms with Gasteiger partial charge < -0.3 is 10.1 Å². The molecule has 33 heavy (non-hydrogen) atoms. The number of rotatable bonds is 7. The van der Waals surface area contributed by atoms with Gasteiger partial charge in [0.2, 0.25) is 0 Å². The Hall–Kier alpha value is -2.08. The van der Waals surface area contributed by atoms with Gasteiger partial charge in [-0.2, -0.15) is 9.49 Å². The Morgan fingerprint density at radius 1 is 1.27 bits per heavy atom. The number of nitrogens with one attached hydrogen (secondary N) is 1. The Balaban J connectivity index is 1.55. The van der Waals surface area contributed by atoms with Crippen LogP contribution in [0.25, 0.3) is 10.9 Å². The summed E-state index contributed by atoms with van der Waals surface area (Å²) in [6.07, 6.45) is 5.86. The first kappa shape index (κ1) is 22.7. The molecular formula is C21H22ClFN4O4S2. The first-order valence-electron chi connectivity index (χ1n) is 10.7. The fourth-order valence-corrected chi connectivity index (χ4v) is 6.93. The van der Waals surface area contributed by atoms with Crippen molar-refractivity contribution in [1.82, 2.24) is 14.8 Å². The second-order valence-corrected chi connectivity index (χ2v) is 12.1. The first-order chi connectivity index (χ1) is 15.8. The molecule has 1 saturated heterocycles. The Morgan fingerprint density at radius 2 is 2.03 bits per heavy atom.